The SMILES string of the molecule is C[C@H](Oc1ccccc1F)c1nnc(SCC(=O)Nc2ccc3c(c2)OC2(CCCCC2)O3)o1. The summed E-state index contributed by atoms with van der Waals surface area (Å²) in [6, 6.07) is 11.5. The number of ether oxygens (including phenoxy) is 3. The molecular formula is C24H24FN3O5S. The second-order valence-electron chi connectivity index (χ2n) is 8.27. The van der Waals surface area contributed by atoms with Crippen LogP contribution in [0, 0.1) is 5.82 Å². The van der Waals surface area contributed by atoms with E-state index >= 15 is 0 Å². The van der Waals surface area contributed by atoms with Gasteiger partial charge < -0.3 is 23.9 Å². The molecule has 1 saturated carbocycles. The number of halogens is 1. The fourth-order valence-electron chi connectivity index (χ4n) is 4.01. The number of rotatable bonds is 7. The lowest BCUT2D eigenvalue weighted by molar-refractivity contribution is -0.113. The first-order valence-electron chi connectivity index (χ1n) is 11.2. The molecule has 0 unspecified atom stereocenters. The van der Waals surface area contributed by atoms with Crippen LogP contribution in [0.3, 0.4) is 0 Å². The average molecular weight is 486 g/mol. The number of amides is 1. The predicted molar refractivity (Wildman–Crippen MR) is 123 cm³/mol. The van der Waals surface area contributed by atoms with Crippen molar-refractivity contribution >= 4 is 23.4 Å². The number of fused-ring (bicyclic) bond motifs is 1. The van der Waals surface area contributed by atoms with Crippen molar-refractivity contribution in [3.8, 4) is 17.2 Å². The number of hydrogen-bond acceptors (Lipinski definition) is 8. The summed E-state index contributed by atoms with van der Waals surface area (Å²) in [6.45, 7) is 1.68. The zero-order chi connectivity index (χ0) is 23.5. The van der Waals surface area contributed by atoms with Gasteiger partial charge in [0.25, 0.3) is 16.9 Å². The molecule has 10 heteroatoms. The van der Waals surface area contributed by atoms with Crippen molar-refractivity contribution in [2.75, 3.05) is 11.1 Å². The van der Waals surface area contributed by atoms with Crippen LogP contribution < -0.4 is 19.5 Å². The van der Waals surface area contributed by atoms with Crippen LogP contribution in [0.4, 0.5) is 10.1 Å². The van der Waals surface area contributed by atoms with Crippen molar-refractivity contribution in [3.63, 3.8) is 0 Å². The maximum atomic E-state index is 13.8. The molecule has 2 aliphatic rings. The number of benzene rings is 2. The zero-order valence-electron chi connectivity index (χ0n) is 18.6. The van der Waals surface area contributed by atoms with Crippen LogP contribution in [-0.4, -0.2) is 27.6 Å². The summed E-state index contributed by atoms with van der Waals surface area (Å²) in [5, 5.41) is 10.9. The van der Waals surface area contributed by atoms with Crippen molar-refractivity contribution in [3.05, 3.63) is 54.2 Å². The maximum absolute atomic E-state index is 13.8. The van der Waals surface area contributed by atoms with Gasteiger partial charge in [-0.15, -0.1) is 10.2 Å². The van der Waals surface area contributed by atoms with Gasteiger partial charge in [-0.1, -0.05) is 30.3 Å². The fourth-order valence-corrected chi connectivity index (χ4v) is 4.58. The molecule has 1 atom stereocenters. The molecule has 1 aromatic heterocycles. The van der Waals surface area contributed by atoms with E-state index in [4.69, 9.17) is 18.6 Å². The second kappa shape index (κ2) is 9.54. The lowest BCUT2D eigenvalue weighted by atomic mass is 9.94. The number of carbonyl (C=O) groups excluding carboxylic acids is 1. The van der Waals surface area contributed by atoms with E-state index < -0.39 is 17.7 Å². The summed E-state index contributed by atoms with van der Waals surface area (Å²) in [4.78, 5) is 12.4. The molecule has 34 heavy (non-hydrogen) atoms. The van der Waals surface area contributed by atoms with Gasteiger partial charge in [0.15, 0.2) is 29.2 Å². The molecule has 0 radical (unpaired) electrons. The number of anilines is 1. The first-order chi connectivity index (χ1) is 16.5. The number of aromatic nitrogens is 2. The minimum Gasteiger partial charge on any atom is -0.478 e. The highest BCUT2D eigenvalue weighted by molar-refractivity contribution is 7.99. The number of carbonyl (C=O) groups is 1. The maximum Gasteiger partial charge on any atom is 0.277 e. The van der Waals surface area contributed by atoms with E-state index in [9.17, 15) is 9.18 Å². The highest BCUT2D eigenvalue weighted by Gasteiger charge is 2.42. The van der Waals surface area contributed by atoms with Gasteiger partial charge in [-0.3, -0.25) is 4.79 Å². The summed E-state index contributed by atoms with van der Waals surface area (Å²) in [7, 11) is 0. The number of para-hydroxylation sites is 1. The first-order valence-corrected chi connectivity index (χ1v) is 12.2. The van der Waals surface area contributed by atoms with Gasteiger partial charge in [0.2, 0.25) is 5.91 Å². The molecule has 1 spiro atoms. The summed E-state index contributed by atoms with van der Waals surface area (Å²) in [5.74, 6) is 0.463. The molecule has 5 rings (SSSR count). The molecule has 2 heterocycles. The highest BCUT2D eigenvalue weighted by Crippen LogP contribution is 2.46. The Bertz CT molecular complexity index is 1180. The van der Waals surface area contributed by atoms with E-state index in [2.05, 4.69) is 15.5 Å². The Labute approximate surface area is 200 Å². The lowest BCUT2D eigenvalue weighted by Crippen LogP contribution is -2.40. The smallest absolute Gasteiger partial charge is 0.277 e. The van der Waals surface area contributed by atoms with Crippen LogP contribution in [0.5, 0.6) is 17.2 Å². The number of nitrogens with zero attached hydrogens (tertiary/aromatic N) is 2. The number of thioether (sulfide) groups is 1. The largest absolute Gasteiger partial charge is 0.478 e. The van der Waals surface area contributed by atoms with E-state index in [1.54, 1.807) is 31.2 Å². The van der Waals surface area contributed by atoms with Gasteiger partial charge in [0.1, 0.15) is 0 Å². The molecule has 2 aromatic carbocycles. The van der Waals surface area contributed by atoms with Crippen molar-refractivity contribution < 1.29 is 27.8 Å². The van der Waals surface area contributed by atoms with Gasteiger partial charge in [-0.25, -0.2) is 4.39 Å². The van der Waals surface area contributed by atoms with Gasteiger partial charge in [0, 0.05) is 24.6 Å². The molecule has 1 aliphatic heterocycles. The Morgan fingerprint density at radius 3 is 2.76 bits per heavy atom. The molecule has 8 nitrogen and oxygen atoms in total. The van der Waals surface area contributed by atoms with Gasteiger partial charge in [0.05, 0.1) is 5.75 Å². The van der Waals surface area contributed by atoms with E-state index in [1.807, 2.05) is 6.07 Å². The minimum atomic E-state index is -0.645. The third kappa shape index (κ3) is 4.96. The normalized spacial score (nSPS) is 16.9. The van der Waals surface area contributed by atoms with Gasteiger partial charge >= 0.3 is 0 Å². The van der Waals surface area contributed by atoms with Crippen LogP contribution >= 0.6 is 11.8 Å². The molecule has 3 aromatic rings. The molecule has 1 amide bonds. The van der Waals surface area contributed by atoms with E-state index in [-0.39, 0.29) is 28.5 Å². The monoisotopic (exact) mass is 485 g/mol. The summed E-state index contributed by atoms with van der Waals surface area (Å²) >= 11 is 1.10. The zero-order valence-corrected chi connectivity index (χ0v) is 19.4. The Morgan fingerprint density at radius 1 is 1.15 bits per heavy atom. The van der Waals surface area contributed by atoms with Crippen LogP contribution in [0.2, 0.25) is 0 Å². The van der Waals surface area contributed by atoms with Crippen molar-refractivity contribution in [2.45, 2.75) is 56.1 Å². The van der Waals surface area contributed by atoms with Gasteiger partial charge in [-0.05, 0) is 44.0 Å². The van der Waals surface area contributed by atoms with Crippen molar-refractivity contribution in [1.82, 2.24) is 10.2 Å². The predicted octanol–water partition coefficient (Wildman–Crippen LogP) is 5.51. The van der Waals surface area contributed by atoms with Crippen molar-refractivity contribution in [1.29, 1.82) is 0 Å². The van der Waals surface area contributed by atoms with Crippen molar-refractivity contribution in [2.24, 2.45) is 0 Å². The van der Waals surface area contributed by atoms with E-state index in [1.165, 1.54) is 18.6 Å². The second-order valence-corrected chi connectivity index (χ2v) is 9.20. The Morgan fingerprint density at radius 2 is 1.94 bits per heavy atom. The fraction of sp³-hybridized carbons (Fsp3) is 0.375. The summed E-state index contributed by atoms with van der Waals surface area (Å²) in [5.41, 5.74) is 0.624. The molecular weight excluding hydrogens is 461 g/mol. The molecule has 1 aliphatic carbocycles. The average Bonchev–Trinajstić information content (AvgIpc) is 3.44. The Hall–Kier alpha value is -3.27. The number of hydrogen-bond donors (Lipinski definition) is 1. The van der Waals surface area contributed by atoms with Crippen LogP contribution in [0.1, 0.15) is 51.0 Å². The standard InChI is InChI=1S/C24H24FN3O5S/c1-15(30-18-8-4-3-7-17(18)25)22-27-28-23(31-22)34-14-21(29)26-16-9-10-19-20(13-16)33-24(32-19)11-5-2-6-12-24/h3-4,7-10,13,15H,2,5-6,11-12,14H2,1H3,(H,26,29)/t15-/m0/s1. The third-order valence-corrected chi connectivity index (χ3v) is 6.49. The molecule has 178 valence electrons. The molecule has 0 bridgehead atoms. The molecule has 0 saturated heterocycles. The van der Waals surface area contributed by atoms with Crippen LogP contribution in [-0.2, 0) is 4.79 Å². The van der Waals surface area contributed by atoms with Crippen LogP contribution in [0.15, 0.2) is 52.1 Å². The topological polar surface area (TPSA) is 95.7 Å². The quantitative estimate of drug-likeness (QED) is 0.438. The van der Waals surface area contributed by atoms with Gasteiger partial charge in [-0.2, -0.15) is 0 Å². The van der Waals surface area contributed by atoms with Crippen LogP contribution in [0.25, 0.3) is 0 Å². The molecule has 1 fully saturated rings. The van der Waals surface area contributed by atoms with E-state index in [0.29, 0.717) is 17.2 Å². The number of nitrogens with one attached hydrogen (secondary N) is 1. The summed E-state index contributed by atoms with van der Waals surface area (Å²) in [6.07, 6.45) is 4.46. The third-order valence-electron chi connectivity index (χ3n) is 5.67. The first kappa shape index (κ1) is 22.5. The minimum absolute atomic E-state index is 0.0720. The Balaban J connectivity index is 1.13. The highest BCUT2D eigenvalue weighted by atomic mass is 32.2. The lowest BCUT2D eigenvalue weighted by Gasteiger charge is -2.31. The summed E-state index contributed by atoms with van der Waals surface area (Å²) < 4.78 is 37.1. The Kier molecular flexibility index (Phi) is 6.32. The van der Waals surface area contributed by atoms with E-state index in [0.717, 1.165) is 37.4 Å². The molecule has 1 N–H and O–H groups in total.